The molecule has 0 spiro atoms. The highest BCUT2D eigenvalue weighted by Crippen LogP contribution is 2.34. The molecule has 2 aliphatic rings. The van der Waals surface area contributed by atoms with Crippen LogP contribution in [-0.4, -0.2) is 24.3 Å². The number of Topliss-reactive ketones (excluding diaryl/α,β-unsaturated/α-hetero) is 1. The number of anilines is 2. The van der Waals surface area contributed by atoms with Crippen LogP contribution in [0.25, 0.3) is 0 Å². The van der Waals surface area contributed by atoms with Crippen LogP contribution in [0.4, 0.5) is 11.4 Å². The topological polar surface area (TPSA) is 73.2 Å². The van der Waals surface area contributed by atoms with E-state index in [9.17, 15) is 9.59 Å². The summed E-state index contributed by atoms with van der Waals surface area (Å²) >= 11 is 0. The van der Waals surface area contributed by atoms with Crippen molar-refractivity contribution in [3.8, 4) is 6.07 Å². The predicted molar refractivity (Wildman–Crippen MR) is 74.4 cm³/mol. The molecule has 0 saturated heterocycles. The van der Waals surface area contributed by atoms with Gasteiger partial charge in [0.2, 0.25) is 5.91 Å². The molecule has 5 heteroatoms. The van der Waals surface area contributed by atoms with E-state index in [2.05, 4.69) is 16.3 Å². The number of carbonyl (C=O) groups excluding carboxylic acids is 2. The Morgan fingerprint density at radius 1 is 1.25 bits per heavy atom. The van der Waals surface area contributed by atoms with E-state index in [4.69, 9.17) is 5.26 Å². The van der Waals surface area contributed by atoms with Gasteiger partial charge in [-0.1, -0.05) is 0 Å². The van der Waals surface area contributed by atoms with E-state index in [1.54, 1.807) is 12.1 Å². The second kappa shape index (κ2) is 4.97. The Morgan fingerprint density at radius 2 is 2.00 bits per heavy atom. The second-order valence-corrected chi connectivity index (χ2v) is 5.29. The van der Waals surface area contributed by atoms with E-state index in [0.29, 0.717) is 36.4 Å². The quantitative estimate of drug-likeness (QED) is 0.844. The van der Waals surface area contributed by atoms with Crippen LogP contribution in [0.5, 0.6) is 0 Å². The number of rotatable bonds is 1. The minimum absolute atomic E-state index is 0.0653. The van der Waals surface area contributed by atoms with E-state index in [1.807, 2.05) is 6.07 Å². The maximum absolute atomic E-state index is 11.8. The first kappa shape index (κ1) is 12.7. The van der Waals surface area contributed by atoms with Gasteiger partial charge in [0, 0.05) is 18.9 Å². The molecule has 0 radical (unpaired) electrons. The van der Waals surface area contributed by atoms with Crippen molar-refractivity contribution in [3.05, 3.63) is 23.8 Å². The molecule has 102 valence electrons. The van der Waals surface area contributed by atoms with Crippen LogP contribution < -0.4 is 10.2 Å². The summed E-state index contributed by atoms with van der Waals surface area (Å²) in [7, 11) is 0. The average Bonchev–Trinajstić information content (AvgIpc) is 2.46. The van der Waals surface area contributed by atoms with Gasteiger partial charge in [0.1, 0.15) is 5.78 Å². The van der Waals surface area contributed by atoms with Crippen LogP contribution in [0, 0.1) is 11.3 Å². The van der Waals surface area contributed by atoms with E-state index in [0.717, 1.165) is 18.5 Å². The second-order valence-electron chi connectivity index (χ2n) is 5.29. The zero-order chi connectivity index (χ0) is 14.1. The highest BCUT2D eigenvalue weighted by molar-refractivity contribution is 6.01. The summed E-state index contributed by atoms with van der Waals surface area (Å²) in [4.78, 5) is 25.3. The molecular weight excluding hydrogens is 254 g/mol. The highest BCUT2D eigenvalue weighted by atomic mass is 16.2. The average molecular weight is 269 g/mol. The smallest absolute Gasteiger partial charge is 0.243 e. The summed E-state index contributed by atoms with van der Waals surface area (Å²) in [6, 6.07) is 7.65. The summed E-state index contributed by atoms with van der Waals surface area (Å²) in [5.41, 5.74) is 2.17. The number of benzene rings is 1. The molecule has 1 saturated carbocycles. The van der Waals surface area contributed by atoms with Crippen molar-refractivity contribution in [2.75, 3.05) is 16.8 Å². The lowest BCUT2D eigenvalue weighted by atomic mass is 9.92. The summed E-state index contributed by atoms with van der Waals surface area (Å²) < 4.78 is 0. The molecule has 1 N–H and O–H groups in total. The molecule has 20 heavy (non-hydrogen) atoms. The van der Waals surface area contributed by atoms with E-state index in [1.165, 1.54) is 0 Å². The van der Waals surface area contributed by atoms with E-state index < -0.39 is 0 Å². The summed E-state index contributed by atoms with van der Waals surface area (Å²) in [5.74, 6) is 0.243. The SMILES string of the molecule is N#Cc1ccc2c(c1)NC(=O)CN2C1CCC(=O)CC1. The molecule has 0 aromatic heterocycles. The molecule has 1 heterocycles. The fraction of sp³-hybridized carbons (Fsp3) is 0.400. The lowest BCUT2D eigenvalue weighted by Crippen LogP contribution is -2.46. The van der Waals surface area contributed by atoms with Crippen LogP contribution >= 0.6 is 0 Å². The highest BCUT2D eigenvalue weighted by Gasteiger charge is 2.30. The number of hydrogen-bond donors (Lipinski definition) is 1. The van der Waals surface area contributed by atoms with E-state index in [-0.39, 0.29) is 11.9 Å². The molecule has 1 aromatic carbocycles. The van der Waals surface area contributed by atoms with Gasteiger partial charge in [-0.2, -0.15) is 5.26 Å². The number of nitrogens with zero attached hydrogens (tertiary/aromatic N) is 2. The molecule has 3 rings (SSSR count). The predicted octanol–water partition coefficient (Wildman–Crippen LogP) is 1.83. The number of carbonyl (C=O) groups is 2. The number of hydrogen-bond acceptors (Lipinski definition) is 4. The van der Waals surface area contributed by atoms with Crippen molar-refractivity contribution in [1.29, 1.82) is 5.26 Å². The van der Waals surface area contributed by atoms with E-state index >= 15 is 0 Å². The third-order valence-corrected chi connectivity index (χ3v) is 3.98. The maximum Gasteiger partial charge on any atom is 0.243 e. The van der Waals surface area contributed by atoms with Crippen LogP contribution in [0.1, 0.15) is 31.2 Å². The minimum Gasteiger partial charge on any atom is -0.358 e. The van der Waals surface area contributed by atoms with Gasteiger partial charge < -0.3 is 10.2 Å². The first-order valence-corrected chi connectivity index (χ1v) is 6.80. The molecule has 0 unspecified atom stereocenters. The standard InChI is InChI=1S/C15H15N3O2/c16-8-10-1-6-14-13(7-10)17-15(20)9-18(14)11-2-4-12(19)5-3-11/h1,6-7,11H,2-5,9H2,(H,17,20). The fourth-order valence-corrected chi connectivity index (χ4v) is 2.95. The van der Waals surface area contributed by atoms with Crippen molar-refractivity contribution < 1.29 is 9.59 Å². The largest absolute Gasteiger partial charge is 0.358 e. The Bertz CT molecular complexity index is 608. The van der Waals surface area contributed by atoms with Gasteiger partial charge in [0.05, 0.1) is 29.6 Å². The van der Waals surface area contributed by atoms with Gasteiger partial charge in [-0.05, 0) is 31.0 Å². The lowest BCUT2D eigenvalue weighted by Gasteiger charge is -2.39. The van der Waals surface area contributed by atoms with Gasteiger partial charge >= 0.3 is 0 Å². The Hall–Kier alpha value is -2.35. The molecule has 0 bridgehead atoms. The molecule has 1 fully saturated rings. The molecule has 5 nitrogen and oxygen atoms in total. The van der Waals surface area contributed by atoms with Crippen molar-refractivity contribution in [3.63, 3.8) is 0 Å². The molecular formula is C15H15N3O2. The fourth-order valence-electron chi connectivity index (χ4n) is 2.95. The van der Waals surface area contributed by atoms with Gasteiger partial charge in [-0.25, -0.2) is 0 Å². The maximum atomic E-state index is 11.8. The van der Waals surface area contributed by atoms with Gasteiger partial charge in [-0.15, -0.1) is 0 Å². The van der Waals surface area contributed by atoms with Gasteiger partial charge in [-0.3, -0.25) is 9.59 Å². The molecule has 1 aliphatic heterocycles. The van der Waals surface area contributed by atoms with Crippen LogP contribution in [-0.2, 0) is 9.59 Å². The zero-order valence-corrected chi connectivity index (χ0v) is 11.1. The monoisotopic (exact) mass is 269 g/mol. The minimum atomic E-state index is -0.0653. The third kappa shape index (κ3) is 2.25. The summed E-state index contributed by atoms with van der Waals surface area (Å²) in [6.07, 6.45) is 2.78. The zero-order valence-electron chi connectivity index (χ0n) is 11.1. The van der Waals surface area contributed by atoms with Crippen molar-refractivity contribution in [2.24, 2.45) is 0 Å². The first-order chi connectivity index (χ1) is 9.67. The molecule has 1 aromatic rings. The normalized spacial score (nSPS) is 19.2. The molecule has 0 atom stereocenters. The van der Waals surface area contributed by atoms with Crippen molar-refractivity contribution in [2.45, 2.75) is 31.7 Å². The van der Waals surface area contributed by atoms with Crippen molar-refractivity contribution >= 4 is 23.1 Å². The number of nitrogens with one attached hydrogen (secondary N) is 1. The Morgan fingerprint density at radius 3 is 2.70 bits per heavy atom. The summed E-state index contributed by atoms with van der Waals surface area (Å²) in [5, 5.41) is 11.7. The Kier molecular flexibility index (Phi) is 3.15. The molecule has 1 aliphatic carbocycles. The third-order valence-electron chi connectivity index (χ3n) is 3.98. The Balaban J connectivity index is 1.92. The first-order valence-electron chi connectivity index (χ1n) is 6.80. The van der Waals surface area contributed by atoms with Gasteiger partial charge in [0.15, 0.2) is 0 Å². The molecule has 1 amide bonds. The lowest BCUT2D eigenvalue weighted by molar-refractivity contribution is -0.120. The van der Waals surface area contributed by atoms with Crippen LogP contribution in [0.15, 0.2) is 18.2 Å². The Labute approximate surface area is 117 Å². The van der Waals surface area contributed by atoms with Crippen molar-refractivity contribution in [1.82, 2.24) is 0 Å². The van der Waals surface area contributed by atoms with Gasteiger partial charge in [0.25, 0.3) is 0 Å². The van der Waals surface area contributed by atoms with Crippen LogP contribution in [0.3, 0.4) is 0 Å². The number of amides is 1. The summed E-state index contributed by atoms with van der Waals surface area (Å²) in [6.45, 7) is 0.317. The number of nitriles is 1. The number of fused-ring (bicyclic) bond motifs is 1. The van der Waals surface area contributed by atoms with Crippen LogP contribution in [0.2, 0.25) is 0 Å². The number of ketones is 1.